The molecule has 1 aromatic heterocycles. The van der Waals surface area contributed by atoms with E-state index in [1.165, 1.54) is 11.3 Å². The Kier molecular flexibility index (Phi) is 6.99. The highest BCUT2D eigenvalue weighted by Gasteiger charge is 2.30. The van der Waals surface area contributed by atoms with Crippen molar-refractivity contribution in [2.24, 2.45) is 11.8 Å². The summed E-state index contributed by atoms with van der Waals surface area (Å²) in [5, 5.41) is 4.14. The fraction of sp³-hybridized carbons (Fsp3) is 0.737. The average Bonchev–Trinajstić information content (AvgIpc) is 2.95. The highest BCUT2D eigenvalue weighted by molar-refractivity contribution is 7.13. The molecule has 1 aliphatic rings. The third kappa shape index (κ3) is 5.03. The predicted molar refractivity (Wildman–Crippen MR) is 102 cm³/mol. The minimum Gasteiger partial charge on any atom is -0.353 e. The number of hydrogen-bond donors (Lipinski definition) is 1. The van der Waals surface area contributed by atoms with Crippen LogP contribution in [0.15, 0.2) is 0 Å². The summed E-state index contributed by atoms with van der Waals surface area (Å²) in [4.78, 5) is 32.3. The zero-order valence-corrected chi connectivity index (χ0v) is 16.9. The van der Waals surface area contributed by atoms with Crippen molar-refractivity contribution in [2.75, 3.05) is 13.1 Å². The van der Waals surface area contributed by atoms with Crippen LogP contribution in [-0.4, -0.2) is 40.8 Å². The molecule has 1 unspecified atom stereocenters. The third-order valence-corrected chi connectivity index (χ3v) is 6.23. The van der Waals surface area contributed by atoms with E-state index in [1.807, 2.05) is 18.7 Å². The van der Waals surface area contributed by atoms with Crippen molar-refractivity contribution < 1.29 is 9.59 Å². The third-order valence-electron chi connectivity index (χ3n) is 5.02. The molecule has 1 fully saturated rings. The molecule has 5 nitrogen and oxygen atoms in total. The zero-order valence-electron chi connectivity index (χ0n) is 16.1. The molecule has 1 aliphatic heterocycles. The summed E-state index contributed by atoms with van der Waals surface area (Å²) in [6, 6.07) is 0.184. The van der Waals surface area contributed by atoms with Gasteiger partial charge in [0.1, 0.15) is 4.88 Å². The standard InChI is InChI=1S/C19H31N3O2S/c1-6-7-16-20-14(5)17(25-16)19(24)22-10-8-15(9-11-22)18(23)21-13(4)12(2)3/h12-13,15H,6-11H2,1-5H3,(H,21,23). The van der Waals surface area contributed by atoms with Crippen molar-refractivity contribution in [3.63, 3.8) is 0 Å². The normalized spacial score (nSPS) is 17.0. The second-order valence-corrected chi connectivity index (χ2v) is 8.46. The fourth-order valence-corrected chi connectivity index (χ4v) is 4.10. The quantitative estimate of drug-likeness (QED) is 0.840. The molecule has 0 radical (unpaired) electrons. The lowest BCUT2D eigenvalue weighted by Gasteiger charge is -2.32. The average molecular weight is 366 g/mol. The molecule has 0 aliphatic carbocycles. The van der Waals surface area contributed by atoms with E-state index in [4.69, 9.17) is 0 Å². The number of carbonyl (C=O) groups is 2. The molecule has 2 amide bonds. The van der Waals surface area contributed by atoms with Gasteiger partial charge in [0, 0.05) is 25.0 Å². The Labute approximate surface area is 155 Å². The smallest absolute Gasteiger partial charge is 0.265 e. The zero-order chi connectivity index (χ0) is 18.6. The number of nitrogens with zero attached hydrogens (tertiary/aromatic N) is 2. The molecule has 0 bridgehead atoms. The summed E-state index contributed by atoms with van der Waals surface area (Å²) >= 11 is 1.52. The monoisotopic (exact) mass is 365 g/mol. The Bertz CT molecular complexity index is 604. The maximum Gasteiger partial charge on any atom is 0.265 e. The second kappa shape index (κ2) is 8.79. The van der Waals surface area contributed by atoms with Crippen LogP contribution in [0.2, 0.25) is 0 Å². The SMILES string of the molecule is CCCc1nc(C)c(C(=O)N2CCC(C(=O)NC(C)C(C)C)CC2)s1. The molecule has 140 valence electrons. The van der Waals surface area contributed by atoms with Gasteiger partial charge in [-0.1, -0.05) is 20.8 Å². The van der Waals surface area contributed by atoms with Gasteiger partial charge in [0.25, 0.3) is 5.91 Å². The van der Waals surface area contributed by atoms with E-state index >= 15 is 0 Å². The minimum absolute atomic E-state index is 0.0171. The van der Waals surface area contributed by atoms with E-state index in [9.17, 15) is 9.59 Å². The lowest BCUT2D eigenvalue weighted by atomic mass is 9.94. The van der Waals surface area contributed by atoms with Gasteiger partial charge in [-0.15, -0.1) is 11.3 Å². The summed E-state index contributed by atoms with van der Waals surface area (Å²) in [5.74, 6) is 0.653. The van der Waals surface area contributed by atoms with Crippen LogP contribution in [0.1, 0.15) is 67.3 Å². The summed E-state index contributed by atoms with van der Waals surface area (Å²) in [6.07, 6.45) is 3.44. The molecule has 2 heterocycles. The molecular weight excluding hydrogens is 334 g/mol. The fourth-order valence-electron chi connectivity index (χ4n) is 2.97. The number of rotatable bonds is 6. The number of nitrogens with one attached hydrogen (secondary N) is 1. The van der Waals surface area contributed by atoms with Gasteiger partial charge in [0.2, 0.25) is 5.91 Å². The molecule has 6 heteroatoms. The van der Waals surface area contributed by atoms with Crippen molar-refractivity contribution in [2.45, 2.75) is 66.3 Å². The van der Waals surface area contributed by atoms with Crippen molar-refractivity contribution >= 4 is 23.2 Å². The van der Waals surface area contributed by atoms with Crippen molar-refractivity contribution in [1.29, 1.82) is 0 Å². The lowest BCUT2D eigenvalue weighted by molar-refractivity contribution is -0.127. The number of aryl methyl sites for hydroxylation is 2. The molecule has 1 atom stereocenters. The number of carbonyl (C=O) groups excluding carboxylic acids is 2. The van der Waals surface area contributed by atoms with Crippen LogP contribution in [0.25, 0.3) is 0 Å². The van der Waals surface area contributed by atoms with Crippen LogP contribution in [0.5, 0.6) is 0 Å². The first-order chi connectivity index (χ1) is 11.8. The second-order valence-electron chi connectivity index (χ2n) is 7.38. The van der Waals surface area contributed by atoms with Crippen molar-refractivity contribution in [3.05, 3.63) is 15.6 Å². The summed E-state index contributed by atoms with van der Waals surface area (Å²) in [7, 11) is 0. The van der Waals surface area contributed by atoms with Gasteiger partial charge in [-0.05, 0) is 45.4 Å². The number of aromatic nitrogens is 1. The van der Waals surface area contributed by atoms with Gasteiger partial charge in [-0.2, -0.15) is 0 Å². The molecule has 0 spiro atoms. The summed E-state index contributed by atoms with van der Waals surface area (Å²) < 4.78 is 0. The van der Waals surface area contributed by atoms with Gasteiger partial charge in [0.05, 0.1) is 10.7 Å². The van der Waals surface area contributed by atoms with Crippen molar-refractivity contribution in [1.82, 2.24) is 15.2 Å². The number of hydrogen-bond acceptors (Lipinski definition) is 4. The van der Waals surface area contributed by atoms with Crippen LogP contribution >= 0.6 is 11.3 Å². The summed E-state index contributed by atoms with van der Waals surface area (Å²) in [5.41, 5.74) is 0.837. The number of thiazole rings is 1. The first-order valence-electron chi connectivity index (χ1n) is 9.39. The Morgan fingerprint density at radius 3 is 2.48 bits per heavy atom. The van der Waals surface area contributed by atoms with Crippen LogP contribution in [0, 0.1) is 18.8 Å². The predicted octanol–water partition coefficient (Wildman–Crippen LogP) is 3.42. The molecule has 0 aromatic carbocycles. The van der Waals surface area contributed by atoms with Crippen molar-refractivity contribution in [3.8, 4) is 0 Å². The maximum absolute atomic E-state index is 12.8. The van der Waals surface area contributed by atoms with Gasteiger partial charge >= 0.3 is 0 Å². The Balaban J connectivity index is 1.91. The van der Waals surface area contributed by atoms with Crippen LogP contribution < -0.4 is 5.32 Å². The van der Waals surface area contributed by atoms with Gasteiger partial charge in [-0.25, -0.2) is 4.98 Å². The lowest BCUT2D eigenvalue weighted by Crippen LogP contribution is -2.45. The van der Waals surface area contributed by atoms with E-state index in [2.05, 4.69) is 31.1 Å². The molecule has 0 saturated carbocycles. The Morgan fingerprint density at radius 2 is 1.92 bits per heavy atom. The molecule has 25 heavy (non-hydrogen) atoms. The van der Waals surface area contributed by atoms with Gasteiger partial charge in [-0.3, -0.25) is 9.59 Å². The van der Waals surface area contributed by atoms with E-state index in [1.54, 1.807) is 0 Å². The van der Waals surface area contributed by atoms with Crippen LogP contribution in [0.3, 0.4) is 0 Å². The molecule has 1 saturated heterocycles. The van der Waals surface area contributed by atoms with E-state index < -0.39 is 0 Å². The highest BCUT2D eigenvalue weighted by Crippen LogP contribution is 2.25. The Hall–Kier alpha value is -1.43. The molecule has 1 N–H and O–H groups in total. The highest BCUT2D eigenvalue weighted by atomic mass is 32.1. The minimum atomic E-state index is 0.0171. The van der Waals surface area contributed by atoms with Gasteiger partial charge in [0.15, 0.2) is 0 Å². The first-order valence-corrected chi connectivity index (χ1v) is 10.2. The number of amides is 2. The van der Waals surface area contributed by atoms with Gasteiger partial charge < -0.3 is 10.2 Å². The van der Waals surface area contributed by atoms with E-state index in [0.717, 1.165) is 41.3 Å². The number of piperidine rings is 1. The summed E-state index contributed by atoms with van der Waals surface area (Å²) in [6.45, 7) is 11.6. The molecule has 2 rings (SSSR count). The Morgan fingerprint density at radius 1 is 1.28 bits per heavy atom. The van der Waals surface area contributed by atoms with Crippen LogP contribution in [-0.2, 0) is 11.2 Å². The van der Waals surface area contributed by atoms with E-state index in [0.29, 0.717) is 19.0 Å². The first kappa shape index (κ1) is 19.9. The largest absolute Gasteiger partial charge is 0.353 e. The maximum atomic E-state index is 12.8. The molecular formula is C19H31N3O2S. The van der Waals surface area contributed by atoms with E-state index in [-0.39, 0.29) is 23.8 Å². The molecule has 1 aromatic rings. The topological polar surface area (TPSA) is 62.3 Å². The van der Waals surface area contributed by atoms with Crippen LogP contribution in [0.4, 0.5) is 0 Å². The number of likely N-dealkylation sites (tertiary alicyclic amines) is 1.